The molecule has 0 fully saturated rings. The Kier molecular flexibility index (Phi) is 11.8. The Balaban J connectivity index is 5.01. The van der Waals surface area contributed by atoms with Gasteiger partial charge in [-0.15, -0.1) is 0 Å². The summed E-state index contributed by atoms with van der Waals surface area (Å²) in [6.07, 6.45) is 10.6. The maximum atomic E-state index is 12.3. The van der Waals surface area contributed by atoms with Crippen LogP contribution in [0, 0.1) is 5.41 Å². The number of allylic oxidation sites excluding steroid dienone is 1. The molecule has 0 aliphatic rings. The van der Waals surface area contributed by atoms with E-state index < -0.39 is 18.4 Å². The molecule has 1 nitrogen and oxygen atoms in total. The summed E-state index contributed by atoms with van der Waals surface area (Å²) in [7, 11) is 0. The van der Waals surface area contributed by atoms with Gasteiger partial charge in [-0.1, -0.05) is 0 Å². The molecular formula is C20H40OSn. The molecule has 0 spiro atoms. The average Bonchev–Trinajstić information content (AvgIpc) is 2.44. The van der Waals surface area contributed by atoms with Crippen molar-refractivity contribution in [1.82, 2.24) is 0 Å². The SMILES string of the molecule is CCC[CH2][Sn](/[CH]=C/C(=O)CC(C)(C)C)([CH2]CCC)[CH2]CCC. The van der Waals surface area contributed by atoms with Gasteiger partial charge in [-0.25, -0.2) is 0 Å². The molecule has 0 aromatic carbocycles. The number of carbonyl (C=O) groups excluding carboxylic acids is 1. The number of hydrogen-bond donors (Lipinski definition) is 0. The van der Waals surface area contributed by atoms with E-state index >= 15 is 0 Å². The van der Waals surface area contributed by atoms with Gasteiger partial charge in [0.1, 0.15) is 0 Å². The Bertz CT molecular complexity index is 303. The van der Waals surface area contributed by atoms with Gasteiger partial charge in [0.25, 0.3) is 0 Å². The molecule has 0 unspecified atom stereocenters. The first kappa shape index (κ1) is 22.2. The number of hydrogen-bond acceptors (Lipinski definition) is 1. The summed E-state index contributed by atoms with van der Waals surface area (Å²) in [4.78, 5) is 12.3. The predicted molar refractivity (Wildman–Crippen MR) is 103 cm³/mol. The van der Waals surface area contributed by atoms with Crippen molar-refractivity contribution in [3.8, 4) is 0 Å². The fourth-order valence-electron chi connectivity index (χ4n) is 3.06. The molecule has 0 rings (SSSR count). The first-order valence-electron chi connectivity index (χ1n) is 9.50. The minimum absolute atomic E-state index is 0.107. The van der Waals surface area contributed by atoms with Crippen molar-refractivity contribution >= 4 is 24.2 Å². The third-order valence-electron chi connectivity index (χ3n) is 4.41. The second-order valence-electron chi connectivity index (χ2n) is 8.21. The zero-order valence-corrected chi connectivity index (χ0v) is 19.0. The molecule has 0 saturated carbocycles. The van der Waals surface area contributed by atoms with E-state index in [1.54, 1.807) is 0 Å². The molecule has 0 bridgehead atoms. The Morgan fingerprint density at radius 1 is 0.864 bits per heavy atom. The quantitative estimate of drug-likeness (QED) is 0.249. The molecule has 2 heteroatoms. The molecule has 0 radical (unpaired) electrons. The fraction of sp³-hybridized carbons (Fsp3) is 0.850. The molecule has 22 heavy (non-hydrogen) atoms. The van der Waals surface area contributed by atoms with Gasteiger partial charge < -0.3 is 0 Å². The molecule has 130 valence electrons. The van der Waals surface area contributed by atoms with Gasteiger partial charge in [0.05, 0.1) is 0 Å². The third kappa shape index (κ3) is 10.9. The van der Waals surface area contributed by atoms with Crippen LogP contribution in [-0.2, 0) is 4.79 Å². The van der Waals surface area contributed by atoms with E-state index in [1.165, 1.54) is 51.8 Å². The normalized spacial score (nSPS) is 13.0. The zero-order chi connectivity index (χ0) is 17.1. The molecule has 0 atom stereocenters. The van der Waals surface area contributed by atoms with Crippen molar-refractivity contribution in [3.05, 3.63) is 10.2 Å². The molecule has 0 amide bonds. The van der Waals surface area contributed by atoms with Crippen LogP contribution in [0.25, 0.3) is 0 Å². The second-order valence-corrected chi connectivity index (χ2v) is 21.2. The molecule has 0 saturated heterocycles. The first-order chi connectivity index (χ1) is 10.3. The van der Waals surface area contributed by atoms with Crippen molar-refractivity contribution in [3.63, 3.8) is 0 Å². The predicted octanol–water partition coefficient (Wildman–Crippen LogP) is 6.94. The summed E-state index contributed by atoms with van der Waals surface area (Å²) >= 11 is -2.25. The molecule has 0 aliphatic heterocycles. The molecule has 0 aromatic rings. The standard InChI is InChI=1S/C8H13O.3C4H9.Sn/c1-5-7(9)6-8(2,3)4;3*1-3-4-2;/h1,5H,6H2,2-4H3;3*1,3-4H2,2H3;. The van der Waals surface area contributed by atoms with Gasteiger partial charge in [0.2, 0.25) is 0 Å². The van der Waals surface area contributed by atoms with E-state index in [2.05, 4.69) is 45.6 Å². The summed E-state index contributed by atoms with van der Waals surface area (Å²) in [5.74, 6) is 0.345. The van der Waals surface area contributed by atoms with Crippen LogP contribution in [0.15, 0.2) is 10.2 Å². The first-order valence-corrected chi connectivity index (χ1v) is 17.2. The third-order valence-corrected chi connectivity index (χ3v) is 18.5. The molecule has 0 aromatic heterocycles. The van der Waals surface area contributed by atoms with Crippen LogP contribution >= 0.6 is 0 Å². The minimum atomic E-state index is -2.25. The number of unbranched alkanes of at least 4 members (excludes halogenated alkanes) is 3. The van der Waals surface area contributed by atoms with Crippen LogP contribution in [0.4, 0.5) is 0 Å². The van der Waals surface area contributed by atoms with Crippen molar-refractivity contribution in [2.45, 2.75) is 99.8 Å². The van der Waals surface area contributed by atoms with E-state index in [1.807, 2.05) is 6.08 Å². The van der Waals surface area contributed by atoms with Gasteiger partial charge in [-0.05, 0) is 0 Å². The van der Waals surface area contributed by atoms with Gasteiger partial charge in [-0.3, -0.25) is 0 Å². The summed E-state index contributed by atoms with van der Waals surface area (Å²) in [5.41, 5.74) is 0.107. The van der Waals surface area contributed by atoms with E-state index in [0.29, 0.717) is 12.2 Å². The topological polar surface area (TPSA) is 17.1 Å². The number of ketones is 1. The number of carbonyl (C=O) groups is 1. The summed E-state index contributed by atoms with van der Waals surface area (Å²) < 4.78 is 6.85. The van der Waals surface area contributed by atoms with Crippen molar-refractivity contribution in [2.75, 3.05) is 0 Å². The maximum absolute atomic E-state index is 12.3. The van der Waals surface area contributed by atoms with E-state index in [4.69, 9.17) is 0 Å². The average molecular weight is 415 g/mol. The van der Waals surface area contributed by atoms with Gasteiger partial charge in [0, 0.05) is 0 Å². The molecule has 0 N–H and O–H groups in total. The fourth-order valence-corrected chi connectivity index (χ4v) is 17.2. The number of rotatable bonds is 12. The van der Waals surface area contributed by atoms with Gasteiger partial charge >= 0.3 is 144 Å². The monoisotopic (exact) mass is 416 g/mol. The van der Waals surface area contributed by atoms with E-state index in [-0.39, 0.29) is 5.41 Å². The Labute approximate surface area is 144 Å². The summed E-state index contributed by atoms with van der Waals surface area (Å²) in [5, 5.41) is 0. The van der Waals surface area contributed by atoms with Gasteiger partial charge in [-0.2, -0.15) is 0 Å². The van der Waals surface area contributed by atoms with Crippen LogP contribution < -0.4 is 0 Å². The van der Waals surface area contributed by atoms with Crippen LogP contribution in [0.1, 0.15) is 86.5 Å². The van der Waals surface area contributed by atoms with Crippen molar-refractivity contribution < 1.29 is 4.79 Å². The van der Waals surface area contributed by atoms with Crippen molar-refractivity contribution in [1.29, 1.82) is 0 Å². The Morgan fingerprint density at radius 2 is 1.27 bits per heavy atom. The van der Waals surface area contributed by atoms with E-state index in [9.17, 15) is 4.79 Å². The van der Waals surface area contributed by atoms with Crippen LogP contribution in [0.5, 0.6) is 0 Å². The van der Waals surface area contributed by atoms with Crippen LogP contribution in [0.2, 0.25) is 13.3 Å². The molecule has 0 heterocycles. The zero-order valence-electron chi connectivity index (χ0n) is 16.1. The molecular weight excluding hydrogens is 375 g/mol. The van der Waals surface area contributed by atoms with Gasteiger partial charge in [0.15, 0.2) is 0 Å². The molecule has 0 aliphatic carbocycles. The van der Waals surface area contributed by atoms with Crippen molar-refractivity contribution in [2.24, 2.45) is 5.41 Å². The Hall–Kier alpha value is 0.209. The summed E-state index contributed by atoms with van der Waals surface area (Å²) in [6.45, 7) is 13.3. The van der Waals surface area contributed by atoms with Crippen LogP contribution in [0.3, 0.4) is 0 Å². The summed E-state index contributed by atoms with van der Waals surface area (Å²) in [6, 6.07) is 0. The second kappa shape index (κ2) is 11.7. The van der Waals surface area contributed by atoms with Crippen LogP contribution in [-0.4, -0.2) is 24.2 Å². The Morgan fingerprint density at radius 3 is 1.59 bits per heavy atom. The van der Waals surface area contributed by atoms with E-state index in [0.717, 1.165) is 0 Å².